The first kappa shape index (κ1) is 8.54. The van der Waals surface area contributed by atoms with Gasteiger partial charge in [0.15, 0.2) is 0 Å². The lowest BCUT2D eigenvalue weighted by atomic mass is 10.2. The Morgan fingerprint density at radius 3 is 2.70 bits per heavy atom. The van der Waals surface area contributed by atoms with Crippen molar-refractivity contribution in [1.82, 2.24) is 0 Å². The van der Waals surface area contributed by atoms with Gasteiger partial charge in [0.2, 0.25) is 0 Å². The van der Waals surface area contributed by atoms with Crippen LogP contribution < -0.4 is 0 Å². The fourth-order valence-electron chi connectivity index (χ4n) is 0.352. The Morgan fingerprint density at radius 2 is 2.30 bits per heavy atom. The van der Waals surface area contributed by atoms with Gasteiger partial charge >= 0.3 is 0 Å². The molecule has 0 heterocycles. The number of hydrogen-bond acceptors (Lipinski definition) is 2. The van der Waals surface area contributed by atoms with Crippen molar-refractivity contribution in [3.05, 3.63) is 21.6 Å². The van der Waals surface area contributed by atoms with E-state index in [4.69, 9.17) is 10.8 Å². The molecule has 0 amide bonds. The van der Waals surface area contributed by atoms with Gasteiger partial charge in [-0.05, 0) is 19.4 Å². The minimum absolute atomic E-state index is 0.288. The molecule has 4 heteroatoms. The van der Waals surface area contributed by atoms with Gasteiger partial charge in [0.05, 0.1) is 6.07 Å². The normalized spacial score (nSPS) is 10.9. The van der Waals surface area contributed by atoms with Crippen LogP contribution in [-0.2, 0) is 0 Å². The van der Waals surface area contributed by atoms with Gasteiger partial charge in [0.1, 0.15) is 0 Å². The molecule has 0 radical (unpaired) electrons. The predicted octanol–water partition coefficient (Wildman–Crippen LogP) is 2.16. The predicted molar refractivity (Wildman–Crippen MR) is 38.0 cm³/mol. The van der Waals surface area contributed by atoms with Crippen LogP contribution in [0.25, 0.3) is 10.4 Å². The third-order valence-corrected chi connectivity index (χ3v) is 1.18. The molecular weight excluding hydrogens is 128 g/mol. The van der Waals surface area contributed by atoms with Crippen molar-refractivity contribution >= 4 is 0 Å². The highest BCUT2D eigenvalue weighted by atomic mass is 15.1. The lowest BCUT2D eigenvalue weighted by molar-refractivity contribution is 1.09. The minimum atomic E-state index is 0.288. The van der Waals surface area contributed by atoms with E-state index in [1.807, 2.05) is 6.07 Å². The minimum Gasteiger partial charge on any atom is -0.193 e. The van der Waals surface area contributed by atoms with Crippen LogP contribution in [0.3, 0.4) is 0 Å². The van der Waals surface area contributed by atoms with Gasteiger partial charge in [-0.2, -0.15) is 5.26 Å². The first-order valence-electron chi connectivity index (χ1n) is 2.79. The van der Waals surface area contributed by atoms with E-state index in [1.54, 1.807) is 13.8 Å². The third kappa shape index (κ3) is 2.75. The van der Waals surface area contributed by atoms with Crippen molar-refractivity contribution in [3.8, 4) is 6.07 Å². The van der Waals surface area contributed by atoms with E-state index >= 15 is 0 Å². The molecule has 52 valence electrons. The Balaban J connectivity index is 4.22. The van der Waals surface area contributed by atoms with Gasteiger partial charge in [0, 0.05) is 17.0 Å². The largest absolute Gasteiger partial charge is 0.193 e. The molecule has 0 saturated heterocycles. The lowest BCUT2D eigenvalue weighted by Gasteiger charge is -1.92. The zero-order valence-corrected chi connectivity index (χ0v) is 6.00. The molecule has 10 heavy (non-hydrogen) atoms. The molecule has 0 N–H and O–H groups in total. The molecule has 0 saturated carbocycles. The molecule has 4 nitrogen and oxygen atoms in total. The van der Waals surface area contributed by atoms with Gasteiger partial charge in [-0.1, -0.05) is 10.7 Å². The number of rotatable bonds is 2. The maximum Gasteiger partial charge on any atom is 0.0943 e. The van der Waals surface area contributed by atoms with Gasteiger partial charge < -0.3 is 0 Å². The van der Waals surface area contributed by atoms with Crippen molar-refractivity contribution in [2.75, 3.05) is 6.54 Å². The van der Waals surface area contributed by atoms with Crippen molar-refractivity contribution in [2.45, 2.75) is 13.8 Å². The van der Waals surface area contributed by atoms with Crippen LogP contribution in [-0.4, -0.2) is 6.54 Å². The van der Waals surface area contributed by atoms with E-state index in [2.05, 4.69) is 10.0 Å². The Labute approximate surface area is 59.4 Å². The van der Waals surface area contributed by atoms with Gasteiger partial charge in [0.25, 0.3) is 0 Å². The summed E-state index contributed by atoms with van der Waals surface area (Å²) in [7, 11) is 0. The number of allylic oxidation sites excluding steroid dienone is 1. The standard InChI is InChI=1S/C6H8N4/c1-5(3-7)6(2)4-9-10-8/h4H2,1-2H3/b6-5-. The second-order valence-electron chi connectivity index (χ2n) is 1.91. The number of nitrogens with zero attached hydrogens (tertiary/aromatic N) is 4. The van der Waals surface area contributed by atoms with E-state index in [0.717, 1.165) is 5.57 Å². The lowest BCUT2D eigenvalue weighted by Crippen LogP contribution is -1.84. The first-order valence-corrected chi connectivity index (χ1v) is 2.79. The smallest absolute Gasteiger partial charge is 0.0943 e. The topological polar surface area (TPSA) is 72.5 Å². The Kier molecular flexibility index (Phi) is 3.78. The molecule has 0 atom stereocenters. The summed E-state index contributed by atoms with van der Waals surface area (Å²) < 4.78 is 0. The molecule has 0 rings (SSSR count). The summed E-state index contributed by atoms with van der Waals surface area (Å²) in [5.41, 5.74) is 9.36. The highest BCUT2D eigenvalue weighted by Gasteiger charge is 1.91. The van der Waals surface area contributed by atoms with Crippen LogP contribution in [0.5, 0.6) is 0 Å². The summed E-state index contributed by atoms with van der Waals surface area (Å²) in [4.78, 5) is 2.57. The first-order chi connectivity index (χ1) is 4.72. The van der Waals surface area contributed by atoms with Gasteiger partial charge in [-0.15, -0.1) is 0 Å². The second-order valence-corrected chi connectivity index (χ2v) is 1.91. The van der Waals surface area contributed by atoms with E-state index in [1.165, 1.54) is 0 Å². The average Bonchev–Trinajstić information content (AvgIpc) is 1.98. The van der Waals surface area contributed by atoms with Crippen LogP contribution >= 0.6 is 0 Å². The Morgan fingerprint density at radius 1 is 1.70 bits per heavy atom. The summed E-state index contributed by atoms with van der Waals surface area (Å²) in [6, 6.07) is 1.97. The van der Waals surface area contributed by atoms with Crippen LogP contribution in [0.2, 0.25) is 0 Å². The zero-order valence-electron chi connectivity index (χ0n) is 6.00. The molecule has 0 spiro atoms. The summed E-state index contributed by atoms with van der Waals surface area (Å²) in [5, 5.41) is 11.7. The SMILES string of the molecule is C/C(C#N)=C(\C)CN=[N+]=[N-]. The molecule has 0 aromatic heterocycles. The summed E-state index contributed by atoms with van der Waals surface area (Å²) in [6.45, 7) is 3.76. The number of nitriles is 1. The molecule has 0 aliphatic carbocycles. The molecule has 0 aliphatic rings. The maximum absolute atomic E-state index is 8.36. The fraction of sp³-hybridized carbons (Fsp3) is 0.500. The maximum atomic E-state index is 8.36. The van der Waals surface area contributed by atoms with Crippen molar-refractivity contribution < 1.29 is 0 Å². The molecule has 0 fully saturated rings. The highest BCUT2D eigenvalue weighted by molar-refractivity contribution is 5.24. The highest BCUT2D eigenvalue weighted by Crippen LogP contribution is 2.01. The molecule has 0 aromatic carbocycles. The van der Waals surface area contributed by atoms with Crippen molar-refractivity contribution in [3.63, 3.8) is 0 Å². The summed E-state index contributed by atoms with van der Waals surface area (Å²) >= 11 is 0. The zero-order chi connectivity index (χ0) is 7.98. The quantitative estimate of drug-likeness (QED) is 0.248. The van der Waals surface area contributed by atoms with Crippen molar-refractivity contribution in [2.24, 2.45) is 5.11 Å². The fourth-order valence-corrected chi connectivity index (χ4v) is 0.352. The second kappa shape index (κ2) is 4.42. The van der Waals surface area contributed by atoms with Crippen LogP contribution in [0, 0.1) is 11.3 Å². The molecule has 0 aromatic rings. The summed E-state index contributed by atoms with van der Waals surface area (Å²) in [6.07, 6.45) is 0. The molecule has 0 bridgehead atoms. The number of hydrogen-bond donors (Lipinski definition) is 0. The average molecular weight is 136 g/mol. The molecule has 0 unspecified atom stereocenters. The van der Waals surface area contributed by atoms with Crippen LogP contribution in [0.15, 0.2) is 16.3 Å². The molecular formula is C6H8N4. The van der Waals surface area contributed by atoms with Crippen LogP contribution in [0.1, 0.15) is 13.8 Å². The van der Waals surface area contributed by atoms with E-state index < -0.39 is 0 Å². The monoisotopic (exact) mass is 136 g/mol. The van der Waals surface area contributed by atoms with E-state index in [0.29, 0.717) is 5.57 Å². The Bertz CT molecular complexity index is 227. The number of azide groups is 1. The van der Waals surface area contributed by atoms with Gasteiger partial charge in [-0.25, -0.2) is 0 Å². The van der Waals surface area contributed by atoms with E-state index in [-0.39, 0.29) is 6.54 Å². The van der Waals surface area contributed by atoms with Gasteiger partial charge in [-0.3, -0.25) is 0 Å². The summed E-state index contributed by atoms with van der Waals surface area (Å²) in [5.74, 6) is 0. The third-order valence-electron chi connectivity index (χ3n) is 1.18. The Hall–Kier alpha value is -1.46. The van der Waals surface area contributed by atoms with Crippen LogP contribution in [0.4, 0.5) is 0 Å². The molecule has 0 aliphatic heterocycles. The van der Waals surface area contributed by atoms with E-state index in [9.17, 15) is 0 Å². The van der Waals surface area contributed by atoms with Crippen molar-refractivity contribution in [1.29, 1.82) is 5.26 Å².